The van der Waals surface area contributed by atoms with Crippen molar-refractivity contribution in [3.8, 4) is 0 Å². The normalized spacial score (nSPS) is 10.8. The molecule has 1 aromatic carbocycles. The van der Waals surface area contributed by atoms with E-state index in [1.54, 1.807) is 12.3 Å². The molecule has 116 valence electrons. The van der Waals surface area contributed by atoms with Crippen molar-refractivity contribution in [1.29, 1.82) is 0 Å². The van der Waals surface area contributed by atoms with E-state index in [1.165, 1.54) is 6.07 Å². The minimum absolute atomic E-state index is 0.0575. The van der Waals surface area contributed by atoms with Crippen LogP contribution in [-0.4, -0.2) is 16.1 Å². The van der Waals surface area contributed by atoms with Crippen molar-refractivity contribution in [3.63, 3.8) is 0 Å². The second kappa shape index (κ2) is 6.50. The molecule has 0 saturated carbocycles. The summed E-state index contributed by atoms with van der Waals surface area (Å²) in [5.74, 6) is -0.272. The number of aromatic carboxylic acids is 1. The average Bonchev–Trinajstić information content (AvgIpc) is 2.86. The quantitative estimate of drug-likeness (QED) is 0.781. The number of rotatable bonds is 4. The van der Waals surface area contributed by atoms with Crippen molar-refractivity contribution in [2.75, 3.05) is 5.32 Å². The molecule has 0 atom stereocenters. The number of anilines is 1. The summed E-state index contributed by atoms with van der Waals surface area (Å²) in [4.78, 5) is 11.8. The molecule has 1 heterocycles. The number of carboxylic acid groups (broad SMARTS) is 1. The Morgan fingerprint density at radius 3 is 2.55 bits per heavy atom. The Labute approximate surface area is 139 Å². The number of hydrogen-bond acceptors (Lipinski definition) is 3. The van der Waals surface area contributed by atoms with E-state index in [0.717, 1.165) is 11.1 Å². The first-order valence-corrected chi connectivity index (χ1v) is 7.52. The van der Waals surface area contributed by atoms with Crippen molar-refractivity contribution in [3.05, 3.63) is 51.9 Å². The first kappa shape index (κ1) is 16.5. The van der Waals surface area contributed by atoms with E-state index >= 15 is 0 Å². The molecule has 0 fully saturated rings. The molecule has 22 heavy (non-hydrogen) atoms. The largest absolute Gasteiger partial charge is 0.478 e. The maximum atomic E-state index is 11.4. The molecular weight excluding hydrogens is 322 g/mol. The third-order valence-electron chi connectivity index (χ3n) is 3.31. The van der Waals surface area contributed by atoms with Crippen molar-refractivity contribution < 1.29 is 14.3 Å². The van der Waals surface area contributed by atoms with Crippen molar-refractivity contribution in [1.82, 2.24) is 0 Å². The van der Waals surface area contributed by atoms with Gasteiger partial charge in [0.25, 0.3) is 0 Å². The van der Waals surface area contributed by atoms with E-state index < -0.39 is 5.97 Å². The number of carbonyl (C=O) groups is 1. The van der Waals surface area contributed by atoms with Crippen molar-refractivity contribution >= 4 is 40.5 Å². The van der Waals surface area contributed by atoms with Crippen LogP contribution in [0.4, 0.5) is 5.69 Å². The van der Waals surface area contributed by atoms with E-state index in [0.29, 0.717) is 16.4 Å². The maximum Gasteiger partial charge on any atom is 0.337 e. The van der Waals surface area contributed by atoms with E-state index in [1.807, 2.05) is 26.8 Å². The maximum absolute atomic E-state index is 11.4. The SMILES string of the molecule is Cc1occc1C(=S)Nc1cc(C(=O)O)c(Cl)c(C(C)C)c1. The van der Waals surface area contributed by atoms with Crippen LogP contribution in [0.2, 0.25) is 5.02 Å². The molecular formula is C16H16ClNO3S. The van der Waals surface area contributed by atoms with Gasteiger partial charge in [-0.05, 0) is 36.6 Å². The van der Waals surface area contributed by atoms with Crippen molar-refractivity contribution in [2.24, 2.45) is 0 Å². The van der Waals surface area contributed by atoms with Gasteiger partial charge in [-0.2, -0.15) is 0 Å². The van der Waals surface area contributed by atoms with Crippen LogP contribution in [-0.2, 0) is 0 Å². The van der Waals surface area contributed by atoms with E-state index in [-0.39, 0.29) is 16.5 Å². The van der Waals surface area contributed by atoms with Crippen LogP contribution in [0.1, 0.15) is 47.0 Å². The van der Waals surface area contributed by atoms with Crippen LogP contribution in [0, 0.1) is 6.92 Å². The topological polar surface area (TPSA) is 62.5 Å². The second-order valence-electron chi connectivity index (χ2n) is 5.23. The Balaban J connectivity index is 2.41. The monoisotopic (exact) mass is 337 g/mol. The van der Waals surface area contributed by atoms with Gasteiger partial charge < -0.3 is 14.8 Å². The molecule has 2 aromatic rings. The van der Waals surface area contributed by atoms with E-state index in [9.17, 15) is 9.90 Å². The zero-order chi connectivity index (χ0) is 16.4. The predicted octanol–water partition coefficient (Wildman–Crippen LogP) is 4.85. The highest BCUT2D eigenvalue weighted by Gasteiger charge is 2.17. The first-order valence-electron chi connectivity index (χ1n) is 6.73. The summed E-state index contributed by atoms with van der Waals surface area (Å²) in [5.41, 5.74) is 2.18. The van der Waals surface area contributed by atoms with Crippen LogP contribution >= 0.6 is 23.8 Å². The minimum atomic E-state index is -1.07. The first-order chi connectivity index (χ1) is 10.3. The van der Waals surface area contributed by atoms with E-state index in [2.05, 4.69) is 5.32 Å². The van der Waals surface area contributed by atoms with Gasteiger partial charge in [-0.15, -0.1) is 0 Å². The fourth-order valence-electron chi connectivity index (χ4n) is 2.11. The molecule has 2 rings (SSSR count). The summed E-state index contributed by atoms with van der Waals surface area (Å²) < 4.78 is 5.22. The summed E-state index contributed by atoms with van der Waals surface area (Å²) in [6.07, 6.45) is 1.56. The molecule has 0 saturated heterocycles. The summed E-state index contributed by atoms with van der Waals surface area (Å²) in [5, 5.41) is 12.6. The molecule has 0 aliphatic heterocycles. The standard InChI is InChI=1S/C16H16ClNO3S/c1-8(2)12-6-10(7-13(14(12)17)16(19)20)18-15(22)11-4-5-21-9(11)3/h4-8H,1-3H3,(H,18,22)(H,19,20). The highest BCUT2D eigenvalue weighted by molar-refractivity contribution is 7.81. The molecule has 0 unspecified atom stereocenters. The average molecular weight is 338 g/mol. The van der Waals surface area contributed by atoms with Crippen LogP contribution in [0.3, 0.4) is 0 Å². The number of carboxylic acids is 1. The van der Waals surface area contributed by atoms with Crippen LogP contribution in [0.5, 0.6) is 0 Å². The fraction of sp³-hybridized carbons (Fsp3) is 0.250. The highest BCUT2D eigenvalue weighted by Crippen LogP contribution is 2.31. The van der Waals surface area contributed by atoms with Crippen LogP contribution < -0.4 is 5.32 Å². The van der Waals surface area contributed by atoms with Gasteiger partial charge in [-0.25, -0.2) is 4.79 Å². The Morgan fingerprint density at radius 2 is 2.05 bits per heavy atom. The molecule has 0 amide bonds. The molecule has 4 nitrogen and oxygen atoms in total. The number of furan rings is 1. The van der Waals surface area contributed by atoms with E-state index in [4.69, 9.17) is 28.2 Å². The van der Waals surface area contributed by atoms with Gasteiger partial charge in [0.2, 0.25) is 0 Å². The summed E-state index contributed by atoms with van der Waals surface area (Å²) in [6, 6.07) is 5.07. The number of nitrogens with one attached hydrogen (secondary N) is 1. The van der Waals surface area contributed by atoms with Gasteiger partial charge in [0.15, 0.2) is 0 Å². The Kier molecular flexibility index (Phi) is 4.88. The fourth-order valence-corrected chi connectivity index (χ4v) is 2.85. The lowest BCUT2D eigenvalue weighted by Crippen LogP contribution is -2.12. The molecule has 6 heteroatoms. The number of aryl methyl sites for hydroxylation is 1. The van der Waals surface area contributed by atoms with Gasteiger partial charge in [0.05, 0.1) is 22.4 Å². The molecule has 0 spiro atoms. The molecule has 2 N–H and O–H groups in total. The van der Waals surface area contributed by atoms with Gasteiger partial charge in [-0.1, -0.05) is 37.7 Å². The second-order valence-corrected chi connectivity index (χ2v) is 6.02. The molecule has 0 aliphatic rings. The zero-order valence-corrected chi connectivity index (χ0v) is 14.0. The number of hydrogen-bond donors (Lipinski definition) is 2. The van der Waals surface area contributed by atoms with Crippen LogP contribution in [0.25, 0.3) is 0 Å². The van der Waals surface area contributed by atoms with Gasteiger partial charge >= 0.3 is 5.97 Å². The Hall–Kier alpha value is -1.85. The molecule has 0 bridgehead atoms. The van der Waals surface area contributed by atoms with Crippen LogP contribution in [0.15, 0.2) is 28.9 Å². The molecule has 0 aliphatic carbocycles. The molecule has 0 radical (unpaired) electrons. The summed E-state index contributed by atoms with van der Waals surface area (Å²) in [6.45, 7) is 5.72. The predicted molar refractivity (Wildman–Crippen MR) is 91.3 cm³/mol. The smallest absolute Gasteiger partial charge is 0.337 e. The number of halogens is 1. The van der Waals surface area contributed by atoms with Gasteiger partial charge in [-0.3, -0.25) is 0 Å². The number of benzene rings is 1. The Morgan fingerprint density at radius 1 is 1.36 bits per heavy atom. The lowest BCUT2D eigenvalue weighted by atomic mass is 9.99. The lowest BCUT2D eigenvalue weighted by Gasteiger charge is -2.15. The minimum Gasteiger partial charge on any atom is -0.478 e. The zero-order valence-electron chi connectivity index (χ0n) is 12.4. The number of thiocarbonyl (C=S) groups is 1. The Bertz CT molecular complexity index is 737. The van der Waals surface area contributed by atoms with Gasteiger partial charge in [0.1, 0.15) is 10.7 Å². The lowest BCUT2D eigenvalue weighted by molar-refractivity contribution is 0.0697. The van der Waals surface area contributed by atoms with Crippen molar-refractivity contribution in [2.45, 2.75) is 26.7 Å². The van der Waals surface area contributed by atoms with Gasteiger partial charge in [0, 0.05) is 5.69 Å². The molecule has 1 aromatic heterocycles. The summed E-state index contributed by atoms with van der Waals surface area (Å²) >= 11 is 11.5. The third kappa shape index (κ3) is 3.31. The summed E-state index contributed by atoms with van der Waals surface area (Å²) in [7, 11) is 0. The highest BCUT2D eigenvalue weighted by atomic mass is 35.5. The third-order valence-corrected chi connectivity index (χ3v) is 4.06.